The summed E-state index contributed by atoms with van der Waals surface area (Å²) in [6.45, 7) is 2.13. The third kappa shape index (κ3) is 5.89. The van der Waals surface area contributed by atoms with Gasteiger partial charge in [0.1, 0.15) is 0 Å². The number of nitrogens with one attached hydrogen (secondary N) is 2. The van der Waals surface area contributed by atoms with Gasteiger partial charge in [-0.05, 0) is 43.0 Å². The molecular weight excluding hydrogens is 298 g/mol. The summed E-state index contributed by atoms with van der Waals surface area (Å²) in [5, 5.41) is 15.3. The molecule has 4 nitrogen and oxygen atoms in total. The van der Waals surface area contributed by atoms with E-state index in [0.29, 0.717) is 6.54 Å². The lowest BCUT2D eigenvalue weighted by molar-refractivity contribution is 0.137. The molecule has 1 aromatic rings. The molecule has 0 saturated carbocycles. The molecule has 2 unspecified atom stereocenters. The fourth-order valence-corrected chi connectivity index (χ4v) is 2.17. The van der Waals surface area contributed by atoms with Crippen LogP contribution in [0, 0.1) is 11.6 Å². The summed E-state index contributed by atoms with van der Waals surface area (Å²) < 4.78 is 26.0. The topological polar surface area (TPSA) is 61.4 Å². The van der Waals surface area contributed by atoms with Gasteiger partial charge in [-0.3, -0.25) is 0 Å². The molecule has 0 heterocycles. The fourth-order valence-electron chi connectivity index (χ4n) is 1.74. The maximum absolute atomic E-state index is 13.1. The monoisotopic (exact) mass is 318 g/mol. The maximum atomic E-state index is 13.1. The lowest BCUT2D eigenvalue weighted by Gasteiger charge is -2.21. The predicted molar refractivity (Wildman–Crippen MR) is 80.3 cm³/mol. The first kappa shape index (κ1) is 17.7. The van der Waals surface area contributed by atoms with Gasteiger partial charge in [0.15, 0.2) is 11.6 Å². The van der Waals surface area contributed by atoms with E-state index in [4.69, 9.17) is 0 Å². The van der Waals surface area contributed by atoms with Gasteiger partial charge in [-0.1, -0.05) is 6.07 Å². The van der Waals surface area contributed by atoms with Crippen molar-refractivity contribution in [1.29, 1.82) is 0 Å². The molecule has 0 bridgehead atoms. The summed E-state index contributed by atoms with van der Waals surface area (Å²) in [7, 11) is 0. The first-order chi connectivity index (χ1) is 9.95. The number of carbonyl (C=O) groups is 1. The van der Waals surface area contributed by atoms with Gasteiger partial charge in [0.25, 0.3) is 0 Å². The number of carbonyl (C=O) groups excluding carboxylic acids is 1. The first-order valence-corrected chi connectivity index (χ1v) is 8.01. The van der Waals surface area contributed by atoms with Crippen LogP contribution in [0.25, 0.3) is 0 Å². The molecule has 21 heavy (non-hydrogen) atoms. The second-order valence-electron chi connectivity index (χ2n) is 4.65. The molecule has 0 aromatic heterocycles. The van der Waals surface area contributed by atoms with Gasteiger partial charge >= 0.3 is 6.03 Å². The van der Waals surface area contributed by atoms with Crippen LogP contribution in [-0.2, 0) is 0 Å². The Hall–Kier alpha value is -1.34. The first-order valence-electron chi connectivity index (χ1n) is 6.62. The van der Waals surface area contributed by atoms with Crippen molar-refractivity contribution in [3.8, 4) is 0 Å². The molecule has 1 aromatic carbocycles. The molecule has 0 aliphatic heterocycles. The Bertz CT molecular complexity index is 474. The summed E-state index contributed by atoms with van der Waals surface area (Å²) in [5.74, 6) is -1.05. The van der Waals surface area contributed by atoms with E-state index in [1.165, 1.54) is 6.07 Å². The van der Waals surface area contributed by atoms with Crippen LogP contribution < -0.4 is 10.6 Å². The second kappa shape index (κ2) is 8.84. The number of hydrogen-bond acceptors (Lipinski definition) is 3. The zero-order chi connectivity index (χ0) is 15.8. The van der Waals surface area contributed by atoms with E-state index < -0.39 is 29.8 Å². The minimum Gasteiger partial charge on any atom is -0.386 e. The zero-order valence-electron chi connectivity index (χ0n) is 12.0. The minimum atomic E-state index is -1.11. The molecule has 0 spiro atoms. The molecule has 0 saturated heterocycles. The van der Waals surface area contributed by atoms with E-state index in [9.17, 15) is 18.7 Å². The lowest BCUT2D eigenvalue weighted by Crippen LogP contribution is -2.43. The smallest absolute Gasteiger partial charge is 0.315 e. The van der Waals surface area contributed by atoms with Crippen LogP contribution in [-0.4, -0.2) is 35.7 Å². The largest absolute Gasteiger partial charge is 0.386 e. The molecule has 0 radical (unpaired) electrons. The van der Waals surface area contributed by atoms with Gasteiger partial charge in [0.05, 0.1) is 12.1 Å². The molecule has 3 N–H and O–H groups in total. The van der Waals surface area contributed by atoms with Crippen LogP contribution in [0.15, 0.2) is 18.2 Å². The van der Waals surface area contributed by atoms with Crippen LogP contribution in [0.4, 0.5) is 13.6 Å². The number of rotatable bonds is 7. The SMILES string of the molecule is CSCCCNC(=O)NC(C)C(O)c1ccc(F)c(F)c1. The summed E-state index contributed by atoms with van der Waals surface area (Å²) in [5.41, 5.74) is 0.212. The van der Waals surface area contributed by atoms with Crippen molar-refractivity contribution in [2.24, 2.45) is 0 Å². The Labute approximate surface area is 127 Å². The standard InChI is InChI=1S/C14H20F2N2O2S/c1-9(18-14(20)17-6-3-7-21-2)13(19)10-4-5-11(15)12(16)8-10/h4-5,8-9,13,19H,3,6-7H2,1-2H3,(H2,17,18,20). The summed E-state index contributed by atoms with van der Waals surface area (Å²) in [6.07, 6.45) is 1.73. The Balaban J connectivity index is 2.48. The molecule has 0 aliphatic rings. The summed E-state index contributed by atoms with van der Waals surface area (Å²) in [4.78, 5) is 11.6. The number of aliphatic hydroxyl groups is 1. The van der Waals surface area contributed by atoms with Crippen LogP contribution in [0.1, 0.15) is 25.0 Å². The van der Waals surface area contributed by atoms with Crippen molar-refractivity contribution < 1.29 is 18.7 Å². The highest BCUT2D eigenvalue weighted by Gasteiger charge is 2.19. The Morgan fingerprint density at radius 2 is 2.10 bits per heavy atom. The van der Waals surface area contributed by atoms with Crippen molar-refractivity contribution in [2.75, 3.05) is 18.6 Å². The van der Waals surface area contributed by atoms with Crippen molar-refractivity contribution in [1.82, 2.24) is 10.6 Å². The Kier molecular flexibility index (Phi) is 7.45. The van der Waals surface area contributed by atoms with E-state index in [0.717, 1.165) is 24.3 Å². The average Bonchev–Trinajstić information content (AvgIpc) is 2.45. The molecule has 0 fully saturated rings. The van der Waals surface area contributed by atoms with Crippen molar-refractivity contribution in [2.45, 2.75) is 25.5 Å². The molecule has 2 atom stereocenters. The van der Waals surface area contributed by atoms with Crippen molar-refractivity contribution in [3.63, 3.8) is 0 Å². The molecular formula is C14H20F2N2O2S. The van der Waals surface area contributed by atoms with Gasteiger partial charge in [-0.25, -0.2) is 13.6 Å². The second-order valence-corrected chi connectivity index (χ2v) is 5.64. The molecule has 2 amide bonds. The van der Waals surface area contributed by atoms with E-state index in [1.54, 1.807) is 18.7 Å². The molecule has 0 aliphatic carbocycles. The number of thioether (sulfide) groups is 1. The zero-order valence-corrected chi connectivity index (χ0v) is 12.8. The van der Waals surface area contributed by atoms with Crippen LogP contribution >= 0.6 is 11.8 Å². The fraction of sp³-hybridized carbons (Fsp3) is 0.500. The van der Waals surface area contributed by atoms with E-state index >= 15 is 0 Å². The highest BCUT2D eigenvalue weighted by Crippen LogP contribution is 2.19. The van der Waals surface area contributed by atoms with Crippen molar-refractivity contribution >= 4 is 17.8 Å². The minimum absolute atomic E-state index is 0.212. The number of hydrogen-bond donors (Lipinski definition) is 3. The Morgan fingerprint density at radius 3 is 2.71 bits per heavy atom. The van der Waals surface area contributed by atoms with E-state index in [-0.39, 0.29) is 5.56 Å². The maximum Gasteiger partial charge on any atom is 0.315 e. The summed E-state index contributed by atoms with van der Waals surface area (Å²) in [6, 6.07) is 2.13. The Morgan fingerprint density at radius 1 is 1.38 bits per heavy atom. The molecule has 1 rings (SSSR count). The van der Waals surface area contributed by atoms with Gasteiger partial charge in [0.2, 0.25) is 0 Å². The number of aliphatic hydroxyl groups excluding tert-OH is 1. The van der Waals surface area contributed by atoms with Crippen LogP contribution in [0.2, 0.25) is 0 Å². The van der Waals surface area contributed by atoms with Gasteiger partial charge < -0.3 is 15.7 Å². The van der Waals surface area contributed by atoms with Crippen molar-refractivity contribution in [3.05, 3.63) is 35.4 Å². The highest BCUT2D eigenvalue weighted by atomic mass is 32.2. The number of halogens is 2. The van der Waals surface area contributed by atoms with E-state index in [2.05, 4.69) is 10.6 Å². The predicted octanol–water partition coefficient (Wildman–Crippen LogP) is 2.44. The third-order valence-corrected chi connectivity index (χ3v) is 3.63. The van der Waals surface area contributed by atoms with Crippen LogP contribution in [0.3, 0.4) is 0 Å². The van der Waals surface area contributed by atoms with E-state index in [1.807, 2.05) is 6.26 Å². The third-order valence-electron chi connectivity index (χ3n) is 2.93. The number of urea groups is 1. The molecule has 7 heteroatoms. The normalized spacial score (nSPS) is 13.6. The number of benzene rings is 1. The highest BCUT2D eigenvalue weighted by molar-refractivity contribution is 7.98. The summed E-state index contributed by atoms with van der Waals surface area (Å²) >= 11 is 1.69. The van der Waals surface area contributed by atoms with Crippen LogP contribution in [0.5, 0.6) is 0 Å². The number of amides is 2. The van der Waals surface area contributed by atoms with Gasteiger partial charge in [0, 0.05) is 6.54 Å². The average molecular weight is 318 g/mol. The van der Waals surface area contributed by atoms with Gasteiger partial charge in [-0.2, -0.15) is 11.8 Å². The van der Waals surface area contributed by atoms with Gasteiger partial charge in [-0.15, -0.1) is 0 Å². The lowest BCUT2D eigenvalue weighted by atomic mass is 10.0. The molecule has 118 valence electrons. The quantitative estimate of drug-likeness (QED) is 0.677.